The lowest BCUT2D eigenvalue weighted by Gasteiger charge is -2.54. The van der Waals surface area contributed by atoms with Crippen LogP contribution in [0.2, 0.25) is 5.02 Å². The smallest absolute Gasteiger partial charge is 0.275 e. The van der Waals surface area contributed by atoms with Gasteiger partial charge in [-0.3, -0.25) is 4.79 Å². The molecule has 0 unspecified atom stereocenters. The first kappa shape index (κ1) is 16.4. The summed E-state index contributed by atoms with van der Waals surface area (Å²) in [7, 11) is 0. The van der Waals surface area contributed by atoms with Gasteiger partial charge in [-0.2, -0.15) is 0 Å². The van der Waals surface area contributed by atoms with Crippen LogP contribution in [0.3, 0.4) is 0 Å². The number of nitrogens with two attached hydrogens (primary N) is 1. The van der Waals surface area contributed by atoms with Crippen LogP contribution in [0.4, 0.5) is 0 Å². The van der Waals surface area contributed by atoms with Gasteiger partial charge in [0.15, 0.2) is 6.54 Å². The largest absolute Gasteiger partial charge is 0.345 e. The van der Waals surface area contributed by atoms with Crippen LogP contribution in [-0.4, -0.2) is 18.0 Å². The number of halogens is 1. The number of hydrogen-bond acceptors (Lipinski definition) is 1. The highest BCUT2D eigenvalue weighted by Crippen LogP contribution is 2.54. The third-order valence-electron chi connectivity index (χ3n) is 6.55. The Morgan fingerprint density at radius 1 is 1.17 bits per heavy atom. The molecule has 4 heteroatoms. The third-order valence-corrected chi connectivity index (χ3v) is 6.81. The number of benzene rings is 1. The summed E-state index contributed by atoms with van der Waals surface area (Å²) in [4.78, 5) is 12.4. The third kappa shape index (κ3) is 3.34. The highest BCUT2D eigenvalue weighted by atomic mass is 35.5. The number of amides is 1. The second-order valence-corrected chi connectivity index (χ2v) is 8.97. The van der Waals surface area contributed by atoms with E-state index in [9.17, 15) is 4.79 Å². The van der Waals surface area contributed by atoms with Crippen molar-refractivity contribution in [2.24, 2.45) is 17.8 Å². The molecule has 4 fully saturated rings. The monoisotopic (exact) mass is 347 g/mol. The van der Waals surface area contributed by atoms with Crippen molar-refractivity contribution in [3.05, 3.63) is 34.9 Å². The van der Waals surface area contributed by atoms with Gasteiger partial charge in [-0.15, -0.1) is 0 Å². The van der Waals surface area contributed by atoms with E-state index in [1.807, 2.05) is 31.2 Å². The Morgan fingerprint density at radius 3 is 2.25 bits per heavy atom. The van der Waals surface area contributed by atoms with Crippen molar-refractivity contribution in [3.8, 4) is 0 Å². The van der Waals surface area contributed by atoms with Crippen LogP contribution in [0.15, 0.2) is 24.3 Å². The van der Waals surface area contributed by atoms with Crippen LogP contribution in [-0.2, 0) is 4.79 Å². The zero-order chi connectivity index (χ0) is 16.7. The number of quaternary nitrogens is 1. The molecule has 1 aromatic rings. The SMILES string of the molecule is C[C@H](NC(=O)C[NH2+]C12CC3CC(CC(C3)C1)C2)c1ccc(Cl)cc1. The van der Waals surface area contributed by atoms with Gasteiger partial charge in [-0.25, -0.2) is 0 Å². The van der Waals surface area contributed by atoms with Gasteiger partial charge in [0.2, 0.25) is 0 Å². The highest BCUT2D eigenvalue weighted by molar-refractivity contribution is 6.30. The molecule has 5 rings (SSSR count). The van der Waals surface area contributed by atoms with E-state index in [-0.39, 0.29) is 11.9 Å². The standard InChI is InChI=1S/C20H27ClN2O/c1-13(17-2-4-18(21)5-3-17)23-19(24)12-22-20-9-14-6-15(10-20)8-16(7-14)11-20/h2-5,13-16,22H,6-12H2,1H3,(H,23,24)/p+1/t13-,14?,15?,16?,20?/m0/s1. The molecule has 0 heterocycles. The lowest BCUT2D eigenvalue weighted by atomic mass is 9.53. The van der Waals surface area contributed by atoms with Gasteiger partial charge in [-0.05, 0) is 61.6 Å². The molecule has 3 N–H and O–H groups in total. The first-order valence-corrected chi connectivity index (χ1v) is 9.78. The minimum atomic E-state index is 0.0273. The van der Waals surface area contributed by atoms with Crippen LogP contribution in [0.25, 0.3) is 0 Å². The Hall–Kier alpha value is -1.06. The maximum absolute atomic E-state index is 12.4. The first-order chi connectivity index (χ1) is 11.5. The molecule has 130 valence electrons. The number of hydrogen-bond donors (Lipinski definition) is 2. The summed E-state index contributed by atoms with van der Waals surface area (Å²) in [5.74, 6) is 2.95. The molecular weight excluding hydrogens is 320 g/mol. The molecule has 1 atom stereocenters. The fourth-order valence-corrected chi connectivity index (χ4v) is 6.00. The fourth-order valence-electron chi connectivity index (χ4n) is 5.87. The number of rotatable bonds is 5. The Labute approximate surface area is 149 Å². The minimum Gasteiger partial charge on any atom is -0.345 e. The van der Waals surface area contributed by atoms with Crippen molar-refractivity contribution in [1.82, 2.24) is 5.32 Å². The summed E-state index contributed by atoms with van der Waals surface area (Å²) in [5.41, 5.74) is 1.47. The molecule has 0 aromatic heterocycles. The summed E-state index contributed by atoms with van der Waals surface area (Å²) in [6.07, 6.45) is 8.35. The molecule has 4 aliphatic rings. The van der Waals surface area contributed by atoms with Crippen molar-refractivity contribution >= 4 is 17.5 Å². The van der Waals surface area contributed by atoms with Crippen molar-refractivity contribution in [2.75, 3.05) is 6.54 Å². The van der Waals surface area contributed by atoms with Gasteiger partial charge in [0, 0.05) is 24.3 Å². The normalized spacial score (nSPS) is 35.0. The second kappa shape index (κ2) is 6.34. The molecule has 4 saturated carbocycles. The molecular formula is C20H28ClN2O+. The maximum Gasteiger partial charge on any atom is 0.275 e. The van der Waals surface area contributed by atoms with E-state index in [2.05, 4.69) is 10.6 Å². The summed E-state index contributed by atoms with van der Waals surface area (Å²) >= 11 is 5.93. The van der Waals surface area contributed by atoms with Crippen molar-refractivity contribution < 1.29 is 10.1 Å². The predicted octanol–water partition coefficient (Wildman–Crippen LogP) is 3.05. The van der Waals surface area contributed by atoms with Crippen LogP contribution in [0, 0.1) is 17.8 Å². The van der Waals surface area contributed by atoms with Crippen LogP contribution in [0.5, 0.6) is 0 Å². The second-order valence-electron chi connectivity index (χ2n) is 8.53. The summed E-state index contributed by atoms with van der Waals surface area (Å²) < 4.78 is 0. The molecule has 0 aliphatic heterocycles. The molecule has 1 aromatic carbocycles. The van der Waals surface area contributed by atoms with Gasteiger partial charge in [-0.1, -0.05) is 23.7 Å². The predicted molar refractivity (Wildman–Crippen MR) is 95.7 cm³/mol. The number of carbonyl (C=O) groups excluding carboxylic acids is 1. The van der Waals surface area contributed by atoms with Crippen LogP contribution in [0.1, 0.15) is 57.1 Å². The Bertz CT molecular complexity index is 577. The van der Waals surface area contributed by atoms with Gasteiger partial charge in [0.1, 0.15) is 0 Å². The molecule has 4 aliphatic carbocycles. The van der Waals surface area contributed by atoms with E-state index in [4.69, 9.17) is 11.6 Å². The summed E-state index contributed by atoms with van der Waals surface area (Å²) in [5, 5.41) is 6.24. The van der Waals surface area contributed by atoms with E-state index in [1.54, 1.807) is 0 Å². The summed E-state index contributed by atoms with van der Waals surface area (Å²) in [6.45, 7) is 2.59. The minimum absolute atomic E-state index is 0.0273. The molecule has 1 amide bonds. The lowest BCUT2D eigenvalue weighted by molar-refractivity contribution is -0.730. The number of carbonyl (C=O) groups is 1. The maximum atomic E-state index is 12.4. The van der Waals surface area contributed by atoms with Crippen LogP contribution >= 0.6 is 11.6 Å². The molecule has 0 saturated heterocycles. The molecule has 0 spiro atoms. The molecule has 0 radical (unpaired) electrons. The van der Waals surface area contributed by atoms with Gasteiger partial charge < -0.3 is 10.6 Å². The van der Waals surface area contributed by atoms with Crippen LogP contribution < -0.4 is 10.6 Å². The lowest BCUT2D eigenvalue weighted by Crippen LogP contribution is -3.00. The van der Waals surface area contributed by atoms with E-state index >= 15 is 0 Å². The van der Waals surface area contributed by atoms with Gasteiger partial charge in [0.05, 0.1) is 11.6 Å². The molecule has 24 heavy (non-hydrogen) atoms. The average Bonchev–Trinajstić information content (AvgIpc) is 2.52. The molecule has 3 nitrogen and oxygen atoms in total. The highest BCUT2D eigenvalue weighted by Gasteiger charge is 2.53. The van der Waals surface area contributed by atoms with Crippen molar-refractivity contribution in [3.63, 3.8) is 0 Å². The van der Waals surface area contributed by atoms with Gasteiger partial charge >= 0.3 is 0 Å². The van der Waals surface area contributed by atoms with E-state index in [0.29, 0.717) is 12.1 Å². The zero-order valence-electron chi connectivity index (χ0n) is 14.4. The Kier molecular flexibility index (Phi) is 4.34. The van der Waals surface area contributed by atoms with Crippen molar-refractivity contribution in [2.45, 2.75) is 57.0 Å². The van der Waals surface area contributed by atoms with Gasteiger partial charge in [0.25, 0.3) is 5.91 Å². The fraction of sp³-hybridized carbons (Fsp3) is 0.650. The first-order valence-electron chi connectivity index (χ1n) is 9.40. The zero-order valence-corrected chi connectivity index (χ0v) is 15.2. The quantitative estimate of drug-likeness (QED) is 0.844. The van der Waals surface area contributed by atoms with E-state index in [1.165, 1.54) is 38.5 Å². The molecule has 4 bridgehead atoms. The Balaban J connectivity index is 1.31. The number of nitrogens with one attached hydrogen (secondary N) is 1. The Morgan fingerprint density at radius 2 is 1.71 bits per heavy atom. The average molecular weight is 348 g/mol. The van der Waals surface area contributed by atoms with Crippen molar-refractivity contribution in [1.29, 1.82) is 0 Å². The van der Waals surface area contributed by atoms with E-state index < -0.39 is 0 Å². The topological polar surface area (TPSA) is 45.7 Å². The summed E-state index contributed by atoms with van der Waals surface area (Å²) in [6, 6.07) is 7.74. The van der Waals surface area contributed by atoms with E-state index in [0.717, 1.165) is 28.3 Å².